The molecule has 0 amide bonds. The smallest absolute Gasteiger partial charge is 0.278 e. The molecule has 162 valence electrons. The summed E-state index contributed by atoms with van der Waals surface area (Å²) in [5.74, 6) is 0. The first-order valence-electron chi connectivity index (χ1n) is 10.7. The number of para-hydroxylation sites is 2. The second-order valence-corrected chi connectivity index (χ2v) is 7.57. The summed E-state index contributed by atoms with van der Waals surface area (Å²) >= 11 is 0. The predicted molar refractivity (Wildman–Crippen MR) is 122 cm³/mol. The van der Waals surface area contributed by atoms with E-state index < -0.39 is 0 Å². The first-order valence-corrected chi connectivity index (χ1v) is 10.7. The third-order valence-electron chi connectivity index (χ3n) is 5.47. The van der Waals surface area contributed by atoms with E-state index in [4.69, 9.17) is 0 Å². The SMILES string of the molecule is CCCCCCCCn1c(-c2ccccc2[N+](=O)[O-])ccc1-c1ccccc1[N+](=O)[O-]. The third-order valence-corrected chi connectivity index (χ3v) is 5.47. The van der Waals surface area contributed by atoms with Gasteiger partial charge in [0.25, 0.3) is 11.4 Å². The molecule has 0 fully saturated rings. The van der Waals surface area contributed by atoms with E-state index in [1.807, 2.05) is 16.7 Å². The van der Waals surface area contributed by atoms with Crippen LogP contribution >= 0.6 is 0 Å². The van der Waals surface area contributed by atoms with Crippen LogP contribution in [0.25, 0.3) is 22.5 Å². The molecular weight excluding hydrogens is 394 g/mol. The fourth-order valence-corrected chi connectivity index (χ4v) is 3.93. The number of benzene rings is 2. The van der Waals surface area contributed by atoms with Crippen molar-refractivity contribution < 1.29 is 9.85 Å². The third kappa shape index (κ3) is 5.17. The molecule has 0 aliphatic carbocycles. The van der Waals surface area contributed by atoms with Gasteiger partial charge in [0.1, 0.15) is 0 Å². The molecule has 0 unspecified atom stereocenters. The van der Waals surface area contributed by atoms with E-state index in [-0.39, 0.29) is 21.2 Å². The van der Waals surface area contributed by atoms with E-state index >= 15 is 0 Å². The van der Waals surface area contributed by atoms with Crippen molar-refractivity contribution >= 4 is 11.4 Å². The minimum absolute atomic E-state index is 0.0268. The Hall–Kier alpha value is -3.48. The van der Waals surface area contributed by atoms with Crippen LogP contribution in [0, 0.1) is 20.2 Å². The average Bonchev–Trinajstić information content (AvgIpc) is 3.19. The maximum Gasteiger partial charge on any atom is 0.278 e. The molecule has 0 bridgehead atoms. The summed E-state index contributed by atoms with van der Waals surface area (Å²) in [6.07, 6.45) is 6.67. The van der Waals surface area contributed by atoms with Crippen LogP contribution in [-0.2, 0) is 6.54 Å². The van der Waals surface area contributed by atoms with Crippen molar-refractivity contribution in [2.75, 3.05) is 0 Å². The minimum Gasteiger partial charge on any atom is -0.340 e. The number of nitro groups is 2. The Bertz CT molecular complexity index is 983. The molecule has 2 aromatic carbocycles. The summed E-state index contributed by atoms with van der Waals surface area (Å²) in [4.78, 5) is 22.4. The van der Waals surface area contributed by atoms with Gasteiger partial charge in [0, 0.05) is 18.7 Å². The molecule has 0 atom stereocenters. The second kappa shape index (κ2) is 10.5. The van der Waals surface area contributed by atoms with Crippen molar-refractivity contribution in [1.29, 1.82) is 0 Å². The normalized spacial score (nSPS) is 10.9. The van der Waals surface area contributed by atoms with Gasteiger partial charge in [-0.05, 0) is 30.7 Å². The summed E-state index contributed by atoms with van der Waals surface area (Å²) in [7, 11) is 0. The van der Waals surface area contributed by atoms with Gasteiger partial charge in [0.05, 0.1) is 32.4 Å². The molecule has 3 aromatic rings. The summed E-state index contributed by atoms with van der Waals surface area (Å²) in [6, 6.07) is 16.9. The van der Waals surface area contributed by atoms with Gasteiger partial charge in [-0.1, -0.05) is 63.3 Å². The number of unbranched alkanes of at least 4 members (excludes halogenated alkanes) is 5. The molecule has 31 heavy (non-hydrogen) atoms. The Balaban J connectivity index is 2.03. The van der Waals surface area contributed by atoms with Gasteiger partial charge < -0.3 is 4.57 Å². The molecular formula is C24H27N3O4. The van der Waals surface area contributed by atoms with Crippen molar-refractivity contribution in [3.63, 3.8) is 0 Å². The number of hydrogen-bond acceptors (Lipinski definition) is 4. The van der Waals surface area contributed by atoms with Crippen molar-refractivity contribution in [3.05, 3.63) is 80.9 Å². The molecule has 0 aliphatic heterocycles. The van der Waals surface area contributed by atoms with Crippen LogP contribution in [0.5, 0.6) is 0 Å². The van der Waals surface area contributed by atoms with Crippen molar-refractivity contribution in [1.82, 2.24) is 4.57 Å². The standard InChI is InChI=1S/C24H27N3O4/c1-2-3-4-5-6-11-18-25-21(19-12-7-9-14-23(19)26(28)29)16-17-22(25)20-13-8-10-15-24(20)27(30)31/h7-10,12-17H,2-6,11,18H2,1H3. The van der Waals surface area contributed by atoms with Crippen LogP contribution in [0.3, 0.4) is 0 Å². The van der Waals surface area contributed by atoms with Gasteiger partial charge in [-0.3, -0.25) is 20.2 Å². The largest absolute Gasteiger partial charge is 0.340 e. The number of rotatable bonds is 11. The zero-order valence-corrected chi connectivity index (χ0v) is 17.7. The van der Waals surface area contributed by atoms with E-state index in [0.717, 1.165) is 19.3 Å². The Morgan fingerprint density at radius 2 is 1.13 bits per heavy atom. The summed E-state index contributed by atoms with van der Waals surface area (Å²) < 4.78 is 1.99. The Kier molecular flexibility index (Phi) is 7.54. The molecule has 1 aromatic heterocycles. The topological polar surface area (TPSA) is 91.2 Å². The van der Waals surface area contributed by atoms with E-state index in [9.17, 15) is 20.2 Å². The fraction of sp³-hybridized carbons (Fsp3) is 0.333. The molecule has 0 saturated heterocycles. The lowest BCUT2D eigenvalue weighted by molar-refractivity contribution is -0.384. The molecule has 1 heterocycles. The Morgan fingerprint density at radius 3 is 1.61 bits per heavy atom. The molecule has 0 saturated carbocycles. The van der Waals surface area contributed by atoms with Crippen LogP contribution in [0.1, 0.15) is 45.4 Å². The quantitative estimate of drug-likeness (QED) is 0.189. The lowest BCUT2D eigenvalue weighted by Gasteiger charge is -2.14. The molecule has 0 radical (unpaired) electrons. The highest BCUT2D eigenvalue weighted by Gasteiger charge is 2.22. The van der Waals surface area contributed by atoms with Gasteiger partial charge in [-0.25, -0.2) is 0 Å². The van der Waals surface area contributed by atoms with E-state index in [0.29, 0.717) is 29.1 Å². The van der Waals surface area contributed by atoms with Crippen LogP contribution in [0.4, 0.5) is 11.4 Å². The lowest BCUT2D eigenvalue weighted by Crippen LogP contribution is -2.05. The summed E-state index contributed by atoms with van der Waals surface area (Å²) in [5.41, 5.74) is 2.49. The van der Waals surface area contributed by atoms with Gasteiger partial charge >= 0.3 is 0 Å². The molecule has 3 rings (SSSR count). The maximum atomic E-state index is 11.6. The van der Waals surface area contributed by atoms with Crippen molar-refractivity contribution in [2.24, 2.45) is 0 Å². The second-order valence-electron chi connectivity index (χ2n) is 7.57. The van der Waals surface area contributed by atoms with Crippen molar-refractivity contribution in [2.45, 2.75) is 52.0 Å². The molecule has 0 aliphatic rings. The predicted octanol–water partition coefficient (Wildman–Crippen LogP) is 7.00. The summed E-state index contributed by atoms with van der Waals surface area (Å²) in [6.45, 7) is 2.82. The van der Waals surface area contributed by atoms with E-state index in [1.165, 1.54) is 31.4 Å². The lowest BCUT2D eigenvalue weighted by atomic mass is 10.1. The van der Waals surface area contributed by atoms with Crippen LogP contribution in [0.2, 0.25) is 0 Å². The number of nitro benzene ring substituents is 2. The Labute approximate surface area is 181 Å². The maximum absolute atomic E-state index is 11.6. The van der Waals surface area contributed by atoms with Crippen LogP contribution in [-0.4, -0.2) is 14.4 Å². The monoisotopic (exact) mass is 421 g/mol. The highest BCUT2D eigenvalue weighted by atomic mass is 16.6. The molecule has 0 N–H and O–H groups in total. The van der Waals surface area contributed by atoms with Gasteiger partial charge in [-0.2, -0.15) is 0 Å². The number of aromatic nitrogens is 1. The Morgan fingerprint density at radius 1 is 0.677 bits per heavy atom. The fourth-order valence-electron chi connectivity index (χ4n) is 3.93. The zero-order valence-electron chi connectivity index (χ0n) is 17.7. The zero-order chi connectivity index (χ0) is 22.2. The molecule has 0 spiro atoms. The van der Waals surface area contributed by atoms with Crippen molar-refractivity contribution in [3.8, 4) is 22.5 Å². The van der Waals surface area contributed by atoms with Crippen LogP contribution in [0.15, 0.2) is 60.7 Å². The van der Waals surface area contributed by atoms with E-state index in [1.54, 1.807) is 36.4 Å². The van der Waals surface area contributed by atoms with Gasteiger partial charge in [0.15, 0.2) is 0 Å². The minimum atomic E-state index is -0.387. The molecule has 7 heteroatoms. The highest BCUT2D eigenvalue weighted by Crippen LogP contribution is 2.37. The first-order chi connectivity index (χ1) is 15.0. The van der Waals surface area contributed by atoms with Gasteiger partial charge in [-0.15, -0.1) is 0 Å². The number of hydrogen-bond donors (Lipinski definition) is 0. The summed E-state index contributed by atoms with van der Waals surface area (Å²) in [5, 5.41) is 23.2. The number of nitrogens with zero attached hydrogens (tertiary/aromatic N) is 3. The average molecular weight is 421 g/mol. The van der Waals surface area contributed by atoms with Gasteiger partial charge in [0.2, 0.25) is 0 Å². The highest BCUT2D eigenvalue weighted by molar-refractivity contribution is 5.78. The van der Waals surface area contributed by atoms with E-state index in [2.05, 4.69) is 6.92 Å². The molecule has 7 nitrogen and oxygen atoms in total. The van der Waals surface area contributed by atoms with Crippen LogP contribution < -0.4 is 0 Å². The first kappa shape index (κ1) is 22.2.